The fraction of sp³-hybridized carbons (Fsp3) is 0.562. The van der Waals surface area contributed by atoms with Gasteiger partial charge in [-0.05, 0) is 32.3 Å². The fourth-order valence-electron chi connectivity index (χ4n) is 2.69. The van der Waals surface area contributed by atoms with Crippen molar-refractivity contribution < 1.29 is 14.7 Å². The first kappa shape index (κ1) is 17.6. The first-order valence-electron chi connectivity index (χ1n) is 7.74. The van der Waals surface area contributed by atoms with Crippen molar-refractivity contribution in [3.8, 4) is 0 Å². The number of rotatable bonds is 5. The minimum Gasteiger partial charge on any atom is -0.388 e. The monoisotopic (exact) mass is 337 g/mol. The van der Waals surface area contributed by atoms with Crippen molar-refractivity contribution in [2.45, 2.75) is 38.2 Å². The van der Waals surface area contributed by atoms with Crippen molar-refractivity contribution >= 4 is 29.2 Å². The second-order valence-electron chi connectivity index (χ2n) is 5.89. The van der Waals surface area contributed by atoms with Crippen LogP contribution >= 0.6 is 11.3 Å². The molecule has 0 bridgehead atoms. The summed E-state index contributed by atoms with van der Waals surface area (Å²) < 4.78 is 0. The standard InChI is InChI=1S/C16H23N3O3S/c1-12-18-13(10-23-12)4-5-15(21)19-9-3-7-16(22,11-19)8-6-14(20)17-2/h4-5,10,22H,3,6-9,11H2,1-2H3,(H,17,20)/b5-4+/t16-/m0/s1. The van der Waals surface area contributed by atoms with Gasteiger partial charge >= 0.3 is 0 Å². The number of nitrogens with zero attached hydrogens (tertiary/aromatic N) is 2. The van der Waals surface area contributed by atoms with E-state index in [1.807, 2.05) is 12.3 Å². The van der Waals surface area contributed by atoms with Crippen LogP contribution in [0.5, 0.6) is 0 Å². The van der Waals surface area contributed by atoms with Crippen LogP contribution in [-0.2, 0) is 9.59 Å². The lowest BCUT2D eigenvalue weighted by atomic mass is 9.88. The maximum atomic E-state index is 12.3. The molecule has 1 fully saturated rings. The maximum Gasteiger partial charge on any atom is 0.246 e. The Morgan fingerprint density at radius 1 is 1.57 bits per heavy atom. The number of hydrogen-bond acceptors (Lipinski definition) is 5. The van der Waals surface area contributed by atoms with Gasteiger partial charge in [0.25, 0.3) is 0 Å². The molecule has 0 aromatic carbocycles. The maximum absolute atomic E-state index is 12.3. The van der Waals surface area contributed by atoms with Crippen LogP contribution in [0.4, 0.5) is 0 Å². The average molecular weight is 337 g/mol. The van der Waals surface area contributed by atoms with Gasteiger partial charge in [-0.15, -0.1) is 11.3 Å². The Labute approximate surface area is 140 Å². The first-order valence-corrected chi connectivity index (χ1v) is 8.62. The highest BCUT2D eigenvalue weighted by Gasteiger charge is 2.34. The summed E-state index contributed by atoms with van der Waals surface area (Å²) in [5.41, 5.74) is -0.210. The SMILES string of the molecule is CNC(=O)CC[C@@]1(O)CCCN(C(=O)/C=C/c2csc(C)n2)C1. The lowest BCUT2D eigenvalue weighted by Gasteiger charge is -2.38. The van der Waals surface area contributed by atoms with Gasteiger partial charge in [0.15, 0.2) is 0 Å². The van der Waals surface area contributed by atoms with E-state index >= 15 is 0 Å². The van der Waals surface area contributed by atoms with Crippen LogP contribution in [0.2, 0.25) is 0 Å². The van der Waals surface area contributed by atoms with Crippen molar-refractivity contribution in [2.24, 2.45) is 0 Å². The minimum atomic E-state index is -0.981. The lowest BCUT2D eigenvalue weighted by Crippen LogP contribution is -2.50. The van der Waals surface area contributed by atoms with E-state index < -0.39 is 5.60 Å². The zero-order valence-corrected chi connectivity index (χ0v) is 14.4. The number of amides is 2. The predicted molar refractivity (Wildman–Crippen MR) is 89.9 cm³/mol. The molecule has 2 rings (SSSR count). The number of carbonyl (C=O) groups is 2. The van der Waals surface area contributed by atoms with Crippen LogP contribution in [0.25, 0.3) is 6.08 Å². The van der Waals surface area contributed by atoms with Gasteiger partial charge in [0.1, 0.15) is 0 Å². The number of aliphatic hydroxyl groups is 1. The quantitative estimate of drug-likeness (QED) is 0.795. The van der Waals surface area contributed by atoms with Crippen molar-refractivity contribution in [3.63, 3.8) is 0 Å². The number of β-amino-alcohol motifs (C(OH)–C–C–N with tert-alkyl or cyclic N) is 1. The van der Waals surface area contributed by atoms with E-state index in [1.165, 1.54) is 17.4 Å². The molecule has 2 heterocycles. The third-order valence-corrected chi connectivity index (χ3v) is 4.79. The molecule has 23 heavy (non-hydrogen) atoms. The summed E-state index contributed by atoms with van der Waals surface area (Å²) in [7, 11) is 1.58. The number of likely N-dealkylation sites (tertiary alicyclic amines) is 1. The minimum absolute atomic E-state index is 0.0966. The molecule has 0 unspecified atom stereocenters. The van der Waals surface area contributed by atoms with Crippen LogP contribution in [0.3, 0.4) is 0 Å². The van der Waals surface area contributed by atoms with E-state index in [9.17, 15) is 14.7 Å². The average Bonchev–Trinajstić information content (AvgIpc) is 2.96. The molecule has 1 aliphatic heterocycles. The molecule has 1 aromatic heterocycles. The lowest BCUT2D eigenvalue weighted by molar-refractivity contribution is -0.134. The van der Waals surface area contributed by atoms with Gasteiger partial charge in [-0.1, -0.05) is 0 Å². The highest BCUT2D eigenvalue weighted by molar-refractivity contribution is 7.09. The molecule has 7 heteroatoms. The van der Waals surface area contributed by atoms with Crippen molar-refractivity contribution in [1.29, 1.82) is 0 Å². The number of carbonyl (C=O) groups excluding carboxylic acids is 2. The van der Waals surface area contributed by atoms with Crippen molar-refractivity contribution in [3.05, 3.63) is 22.2 Å². The predicted octanol–water partition coefficient (Wildman–Crippen LogP) is 1.34. The fourth-order valence-corrected chi connectivity index (χ4v) is 3.28. The summed E-state index contributed by atoms with van der Waals surface area (Å²) >= 11 is 1.54. The molecule has 2 N–H and O–H groups in total. The molecule has 1 aliphatic rings. The molecule has 1 saturated heterocycles. The van der Waals surface area contributed by atoms with Crippen LogP contribution in [0.1, 0.15) is 36.4 Å². The van der Waals surface area contributed by atoms with Gasteiger partial charge in [-0.25, -0.2) is 4.98 Å². The van der Waals surface area contributed by atoms with E-state index in [0.29, 0.717) is 19.4 Å². The van der Waals surface area contributed by atoms with Gasteiger partial charge in [0.2, 0.25) is 11.8 Å². The normalized spacial score (nSPS) is 21.6. The molecule has 0 saturated carbocycles. The Hall–Kier alpha value is -1.73. The topological polar surface area (TPSA) is 82.5 Å². The molecule has 0 aliphatic carbocycles. The molecular formula is C16H23N3O3S. The molecule has 0 radical (unpaired) electrons. The number of hydrogen-bond donors (Lipinski definition) is 2. The van der Waals surface area contributed by atoms with Crippen LogP contribution < -0.4 is 5.32 Å². The summed E-state index contributed by atoms with van der Waals surface area (Å²) in [6, 6.07) is 0. The largest absolute Gasteiger partial charge is 0.388 e. The van der Waals surface area contributed by atoms with Crippen molar-refractivity contribution in [1.82, 2.24) is 15.2 Å². The molecular weight excluding hydrogens is 314 g/mol. The number of aryl methyl sites for hydroxylation is 1. The van der Waals surface area contributed by atoms with E-state index in [2.05, 4.69) is 10.3 Å². The second kappa shape index (κ2) is 7.70. The van der Waals surface area contributed by atoms with Gasteiger partial charge in [0, 0.05) is 38.0 Å². The second-order valence-corrected chi connectivity index (χ2v) is 6.95. The zero-order chi connectivity index (χ0) is 16.9. The van der Waals surface area contributed by atoms with E-state index in [4.69, 9.17) is 0 Å². The number of thiazole rings is 1. The van der Waals surface area contributed by atoms with Crippen molar-refractivity contribution in [2.75, 3.05) is 20.1 Å². The smallest absolute Gasteiger partial charge is 0.246 e. The summed E-state index contributed by atoms with van der Waals surface area (Å²) in [6.07, 6.45) is 5.18. The summed E-state index contributed by atoms with van der Waals surface area (Å²) in [5, 5.41) is 16.0. The van der Waals surface area contributed by atoms with Gasteiger partial charge < -0.3 is 15.3 Å². The number of piperidine rings is 1. The molecule has 1 aromatic rings. The number of nitrogens with one attached hydrogen (secondary N) is 1. The Kier molecular flexibility index (Phi) is 5.90. The highest BCUT2D eigenvalue weighted by atomic mass is 32.1. The molecule has 126 valence electrons. The summed E-state index contributed by atoms with van der Waals surface area (Å²) in [4.78, 5) is 29.6. The third-order valence-electron chi connectivity index (χ3n) is 4.00. The molecule has 6 nitrogen and oxygen atoms in total. The third kappa shape index (κ3) is 5.14. The van der Waals surface area contributed by atoms with Crippen LogP contribution in [0.15, 0.2) is 11.5 Å². The Balaban J connectivity index is 1.92. The van der Waals surface area contributed by atoms with Gasteiger partial charge in [0.05, 0.1) is 16.3 Å². The molecule has 1 atom stereocenters. The van der Waals surface area contributed by atoms with Gasteiger partial charge in [-0.3, -0.25) is 9.59 Å². The van der Waals surface area contributed by atoms with Gasteiger partial charge in [-0.2, -0.15) is 0 Å². The van der Waals surface area contributed by atoms with Crippen LogP contribution in [-0.4, -0.2) is 52.5 Å². The molecule has 2 amide bonds. The van der Waals surface area contributed by atoms with Crippen LogP contribution in [0, 0.1) is 6.92 Å². The van der Waals surface area contributed by atoms with E-state index in [0.717, 1.165) is 17.1 Å². The Morgan fingerprint density at radius 3 is 3.00 bits per heavy atom. The zero-order valence-electron chi connectivity index (χ0n) is 13.5. The molecule has 0 spiro atoms. The Morgan fingerprint density at radius 2 is 2.35 bits per heavy atom. The first-order chi connectivity index (χ1) is 10.9. The Bertz CT molecular complexity index is 599. The number of aromatic nitrogens is 1. The highest BCUT2D eigenvalue weighted by Crippen LogP contribution is 2.26. The van der Waals surface area contributed by atoms with E-state index in [1.54, 1.807) is 18.0 Å². The van der Waals surface area contributed by atoms with E-state index in [-0.39, 0.29) is 24.8 Å². The summed E-state index contributed by atoms with van der Waals surface area (Å²) in [5.74, 6) is -0.227. The summed E-state index contributed by atoms with van der Waals surface area (Å²) in [6.45, 7) is 2.81.